The predicted molar refractivity (Wildman–Crippen MR) is 48.5 cm³/mol. The van der Waals surface area contributed by atoms with E-state index in [-0.39, 0.29) is 11.5 Å². The number of ketones is 1. The summed E-state index contributed by atoms with van der Waals surface area (Å²) in [5.41, 5.74) is 1.46. The summed E-state index contributed by atoms with van der Waals surface area (Å²) in [6.07, 6.45) is 1.28. The lowest BCUT2D eigenvalue weighted by molar-refractivity contribution is 0.0992. The van der Waals surface area contributed by atoms with Gasteiger partial charge < -0.3 is 5.11 Å². The Bertz CT molecular complexity index is 358. The molecular formula is C9H7BrO2. The molecule has 62 valence electrons. The SMILES string of the molecule is O=C1CCc2cc(Br)cc(O)c21. The molecule has 2 rings (SSSR count). The van der Waals surface area contributed by atoms with Crippen LogP contribution >= 0.6 is 15.9 Å². The second-order valence-electron chi connectivity index (χ2n) is 2.88. The van der Waals surface area contributed by atoms with Crippen LogP contribution in [-0.2, 0) is 6.42 Å². The summed E-state index contributed by atoms with van der Waals surface area (Å²) in [5, 5.41) is 9.43. The second kappa shape index (κ2) is 2.59. The first-order chi connectivity index (χ1) is 5.68. The Labute approximate surface area is 78.3 Å². The molecule has 0 amide bonds. The first-order valence-corrected chi connectivity index (χ1v) is 4.52. The zero-order chi connectivity index (χ0) is 8.72. The summed E-state index contributed by atoms with van der Waals surface area (Å²) in [4.78, 5) is 11.2. The summed E-state index contributed by atoms with van der Waals surface area (Å²) < 4.78 is 0.827. The Morgan fingerprint density at radius 3 is 2.83 bits per heavy atom. The van der Waals surface area contributed by atoms with E-state index < -0.39 is 0 Å². The summed E-state index contributed by atoms with van der Waals surface area (Å²) in [6, 6.07) is 3.45. The maximum Gasteiger partial charge on any atom is 0.167 e. The molecule has 0 saturated heterocycles. The van der Waals surface area contributed by atoms with Crippen LogP contribution in [0.3, 0.4) is 0 Å². The Hall–Kier alpha value is -0.830. The van der Waals surface area contributed by atoms with E-state index in [1.165, 1.54) is 0 Å². The molecule has 12 heavy (non-hydrogen) atoms. The molecule has 1 aliphatic carbocycles. The molecule has 0 unspecified atom stereocenters. The van der Waals surface area contributed by atoms with Crippen molar-refractivity contribution in [3.8, 4) is 5.75 Å². The third-order valence-electron chi connectivity index (χ3n) is 2.06. The molecule has 1 N–H and O–H groups in total. The van der Waals surface area contributed by atoms with Gasteiger partial charge in [-0.25, -0.2) is 0 Å². The average molecular weight is 227 g/mol. The van der Waals surface area contributed by atoms with E-state index in [2.05, 4.69) is 15.9 Å². The number of rotatable bonds is 0. The lowest BCUT2D eigenvalue weighted by Crippen LogP contribution is -1.91. The number of aromatic hydroxyl groups is 1. The summed E-state index contributed by atoms with van der Waals surface area (Å²) in [5.74, 6) is 0.150. The molecule has 0 spiro atoms. The van der Waals surface area contributed by atoms with Crippen LogP contribution < -0.4 is 0 Å². The standard InChI is InChI=1S/C9H7BrO2/c10-6-3-5-1-2-7(11)9(5)8(12)4-6/h3-4,12H,1-2H2. The number of carbonyl (C=O) groups is 1. The van der Waals surface area contributed by atoms with Crippen molar-refractivity contribution in [3.63, 3.8) is 0 Å². The number of carbonyl (C=O) groups excluding carboxylic acids is 1. The topological polar surface area (TPSA) is 37.3 Å². The maximum atomic E-state index is 11.2. The number of fused-ring (bicyclic) bond motifs is 1. The highest BCUT2D eigenvalue weighted by molar-refractivity contribution is 9.10. The van der Waals surface area contributed by atoms with Crippen molar-refractivity contribution >= 4 is 21.7 Å². The molecule has 1 aromatic rings. The third-order valence-corrected chi connectivity index (χ3v) is 2.52. The Morgan fingerprint density at radius 1 is 1.33 bits per heavy atom. The number of phenols is 1. The number of phenolic OH excluding ortho intramolecular Hbond substituents is 1. The van der Waals surface area contributed by atoms with E-state index in [0.717, 1.165) is 16.5 Å². The van der Waals surface area contributed by atoms with Gasteiger partial charge in [0.1, 0.15) is 5.75 Å². The number of aryl methyl sites for hydroxylation is 1. The fourth-order valence-corrected chi connectivity index (χ4v) is 2.03. The zero-order valence-electron chi connectivity index (χ0n) is 6.30. The van der Waals surface area contributed by atoms with Gasteiger partial charge in [0.15, 0.2) is 5.78 Å². The molecule has 2 nitrogen and oxygen atoms in total. The van der Waals surface area contributed by atoms with Gasteiger partial charge in [-0.05, 0) is 24.1 Å². The number of benzene rings is 1. The molecule has 0 saturated carbocycles. The van der Waals surface area contributed by atoms with Crippen LogP contribution in [0.4, 0.5) is 0 Å². The number of hydrogen-bond acceptors (Lipinski definition) is 2. The van der Waals surface area contributed by atoms with Gasteiger partial charge >= 0.3 is 0 Å². The van der Waals surface area contributed by atoms with E-state index in [0.29, 0.717) is 12.0 Å². The monoisotopic (exact) mass is 226 g/mol. The molecule has 1 aliphatic rings. The highest BCUT2D eigenvalue weighted by Gasteiger charge is 2.23. The predicted octanol–water partition coefficient (Wildman–Crippen LogP) is 2.28. The lowest BCUT2D eigenvalue weighted by Gasteiger charge is -2.01. The van der Waals surface area contributed by atoms with Crippen LogP contribution in [0.15, 0.2) is 16.6 Å². The third kappa shape index (κ3) is 1.05. The molecule has 0 fully saturated rings. The minimum absolute atomic E-state index is 0.0509. The van der Waals surface area contributed by atoms with Crippen molar-refractivity contribution in [2.75, 3.05) is 0 Å². The second-order valence-corrected chi connectivity index (χ2v) is 3.80. The van der Waals surface area contributed by atoms with E-state index >= 15 is 0 Å². The summed E-state index contributed by atoms with van der Waals surface area (Å²) in [6.45, 7) is 0. The van der Waals surface area contributed by atoms with Crippen molar-refractivity contribution in [3.05, 3.63) is 27.7 Å². The van der Waals surface area contributed by atoms with E-state index in [9.17, 15) is 9.90 Å². The normalized spacial score (nSPS) is 14.9. The molecule has 0 heterocycles. The molecular weight excluding hydrogens is 220 g/mol. The fraction of sp³-hybridized carbons (Fsp3) is 0.222. The molecule has 0 radical (unpaired) electrons. The molecule has 0 aliphatic heterocycles. The zero-order valence-corrected chi connectivity index (χ0v) is 7.89. The van der Waals surface area contributed by atoms with Gasteiger partial charge in [0, 0.05) is 10.9 Å². The van der Waals surface area contributed by atoms with Crippen molar-refractivity contribution in [1.82, 2.24) is 0 Å². The van der Waals surface area contributed by atoms with Crippen LogP contribution in [-0.4, -0.2) is 10.9 Å². The quantitative estimate of drug-likeness (QED) is 0.738. The maximum absolute atomic E-state index is 11.2. The van der Waals surface area contributed by atoms with E-state index in [4.69, 9.17) is 0 Å². The molecule has 0 aromatic heterocycles. The van der Waals surface area contributed by atoms with Crippen LogP contribution in [0.5, 0.6) is 5.75 Å². The van der Waals surface area contributed by atoms with Gasteiger partial charge in [0.2, 0.25) is 0 Å². The number of Topliss-reactive ketones (excluding diaryl/α,β-unsaturated/α-hetero) is 1. The lowest BCUT2D eigenvalue weighted by atomic mass is 10.1. The first kappa shape index (κ1) is 7.80. The van der Waals surface area contributed by atoms with E-state index in [1.807, 2.05) is 6.07 Å². The largest absolute Gasteiger partial charge is 0.507 e. The van der Waals surface area contributed by atoms with Crippen LogP contribution in [0.2, 0.25) is 0 Å². The van der Waals surface area contributed by atoms with Crippen LogP contribution in [0.1, 0.15) is 22.3 Å². The van der Waals surface area contributed by atoms with Crippen LogP contribution in [0.25, 0.3) is 0 Å². The highest BCUT2D eigenvalue weighted by atomic mass is 79.9. The van der Waals surface area contributed by atoms with Crippen molar-refractivity contribution in [1.29, 1.82) is 0 Å². The van der Waals surface area contributed by atoms with Gasteiger partial charge in [0.25, 0.3) is 0 Å². The van der Waals surface area contributed by atoms with Gasteiger partial charge in [0.05, 0.1) is 5.56 Å². The van der Waals surface area contributed by atoms with Gasteiger partial charge in [-0.1, -0.05) is 15.9 Å². The Balaban J connectivity index is 2.68. The van der Waals surface area contributed by atoms with Crippen LogP contribution in [0, 0.1) is 0 Å². The van der Waals surface area contributed by atoms with Crippen molar-refractivity contribution < 1.29 is 9.90 Å². The van der Waals surface area contributed by atoms with Gasteiger partial charge in [-0.15, -0.1) is 0 Å². The molecule has 0 atom stereocenters. The molecule has 3 heteroatoms. The average Bonchev–Trinajstić information content (AvgIpc) is 2.31. The fourth-order valence-electron chi connectivity index (χ4n) is 1.54. The summed E-state index contributed by atoms with van der Waals surface area (Å²) in [7, 11) is 0. The Kier molecular flexibility index (Phi) is 1.68. The van der Waals surface area contributed by atoms with E-state index in [1.54, 1.807) is 6.07 Å². The van der Waals surface area contributed by atoms with Crippen molar-refractivity contribution in [2.24, 2.45) is 0 Å². The highest BCUT2D eigenvalue weighted by Crippen LogP contribution is 2.32. The molecule has 1 aromatic carbocycles. The Morgan fingerprint density at radius 2 is 2.08 bits per heavy atom. The summed E-state index contributed by atoms with van der Waals surface area (Å²) >= 11 is 3.26. The van der Waals surface area contributed by atoms with Crippen molar-refractivity contribution in [2.45, 2.75) is 12.8 Å². The van der Waals surface area contributed by atoms with Gasteiger partial charge in [-0.3, -0.25) is 4.79 Å². The number of halogens is 1. The smallest absolute Gasteiger partial charge is 0.167 e. The molecule has 0 bridgehead atoms. The number of hydrogen-bond donors (Lipinski definition) is 1. The minimum Gasteiger partial charge on any atom is -0.507 e. The minimum atomic E-state index is 0.0509. The first-order valence-electron chi connectivity index (χ1n) is 3.73. The van der Waals surface area contributed by atoms with Gasteiger partial charge in [-0.2, -0.15) is 0 Å².